The number of benzene rings is 1. The number of rotatable bonds is 5. The molecular formula is C14H15N5S. The average molecular weight is 285 g/mol. The summed E-state index contributed by atoms with van der Waals surface area (Å²) < 4.78 is 0. The zero-order valence-electron chi connectivity index (χ0n) is 11.2. The van der Waals surface area contributed by atoms with Gasteiger partial charge in [0.05, 0.1) is 5.69 Å². The van der Waals surface area contributed by atoms with Crippen molar-refractivity contribution in [3.8, 4) is 11.3 Å². The second-order valence-corrected chi connectivity index (χ2v) is 5.46. The molecule has 0 amide bonds. The first-order valence-corrected chi connectivity index (χ1v) is 7.03. The Hall–Kier alpha value is -2.30. The summed E-state index contributed by atoms with van der Waals surface area (Å²) in [5.74, 6) is 0. The van der Waals surface area contributed by atoms with Gasteiger partial charge >= 0.3 is 0 Å². The molecule has 0 unspecified atom stereocenters. The summed E-state index contributed by atoms with van der Waals surface area (Å²) in [5.41, 5.74) is 17.0. The summed E-state index contributed by atoms with van der Waals surface area (Å²) in [6, 6.07) is 8.14. The predicted molar refractivity (Wildman–Crippen MR) is 84.4 cm³/mol. The Morgan fingerprint density at radius 1 is 1.40 bits per heavy atom. The fraction of sp³-hybridized carbons (Fsp3) is 0.214. The van der Waals surface area contributed by atoms with E-state index in [1.807, 2.05) is 43.3 Å². The third-order valence-electron chi connectivity index (χ3n) is 2.77. The van der Waals surface area contributed by atoms with Gasteiger partial charge in [-0.3, -0.25) is 0 Å². The molecule has 0 aliphatic heterocycles. The fourth-order valence-corrected chi connectivity index (χ4v) is 2.54. The molecule has 0 atom stereocenters. The molecule has 2 aromatic rings. The maximum Gasteiger partial charge on any atom is 0.180 e. The van der Waals surface area contributed by atoms with Crippen molar-refractivity contribution in [1.82, 2.24) is 4.98 Å². The van der Waals surface area contributed by atoms with Crippen LogP contribution in [0.4, 0.5) is 5.13 Å². The lowest BCUT2D eigenvalue weighted by Gasteiger charge is -1.99. The van der Waals surface area contributed by atoms with Crippen LogP contribution in [0.2, 0.25) is 0 Å². The Balaban J connectivity index is 2.06. The van der Waals surface area contributed by atoms with Gasteiger partial charge in [0, 0.05) is 21.9 Å². The number of azide groups is 1. The third-order valence-corrected chi connectivity index (χ3v) is 3.57. The lowest BCUT2D eigenvalue weighted by atomic mass is 10.1. The number of hydrogen-bond acceptors (Lipinski definition) is 4. The molecule has 2 rings (SSSR count). The van der Waals surface area contributed by atoms with Crippen LogP contribution in [-0.4, -0.2) is 11.5 Å². The Morgan fingerprint density at radius 3 is 2.75 bits per heavy atom. The molecule has 0 saturated heterocycles. The molecule has 5 nitrogen and oxygen atoms in total. The van der Waals surface area contributed by atoms with E-state index in [0.717, 1.165) is 28.1 Å². The van der Waals surface area contributed by atoms with Crippen molar-refractivity contribution in [2.45, 2.75) is 13.3 Å². The number of anilines is 1. The number of nitrogens with zero attached hydrogens (tertiary/aromatic N) is 4. The molecule has 20 heavy (non-hydrogen) atoms. The van der Waals surface area contributed by atoms with Crippen LogP contribution in [0, 0.1) is 6.92 Å². The molecule has 0 aliphatic carbocycles. The molecule has 0 aliphatic rings. The second kappa shape index (κ2) is 6.75. The quantitative estimate of drug-likeness (QED) is 0.381. The fourth-order valence-electron chi connectivity index (χ4n) is 1.83. The Morgan fingerprint density at radius 2 is 2.15 bits per heavy atom. The lowest BCUT2D eigenvalue weighted by molar-refractivity contribution is 0.996. The van der Waals surface area contributed by atoms with Crippen molar-refractivity contribution in [1.29, 1.82) is 0 Å². The minimum Gasteiger partial charge on any atom is -0.375 e. The Labute approximate surface area is 121 Å². The van der Waals surface area contributed by atoms with Crippen LogP contribution in [0.1, 0.15) is 16.9 Å². The Bertz CT molecular complexity index is 651. The third kappa shape index (κ3) is 3.60. The monoisotopic (exact) mass is 285 g/mol. The molecule has 1 aromatic carbocycles. The van der Waals surface area contributed by atoms with E-state index in [9.17, 15) is 0 Å². The van der Waals surface area contributed by atoms with Gasteiger partial charge in [0.25, 0.3) is 0 Å². The lowest BCUT2D eigenvalue weighted by Crippen LogP contribution is -1.84. The normalized spacial score (nSPS) is 10.7. The highest BCUT2D eigenvalue weighted by molar-refractivity contribution is 7.15. The van der Waals surface area contributed by atoms with E-state index < -0.39 is 0 Å². The number of aryl methyl sites for hydroxylation is 1. The zero-order valence-corrected chi connectivity index (χ0v) is 12.0. The summed E-state index contributed by atoms with van der Waals surface area (Å²) >= 11 is 1.50. The topological polar surface area (TPSA) is 87.7 Å². The largest absolute Gasteiger partial charge is 0.375 e. The van der Waals surface area contributed by atoms with Crippen LogP contribution in [0.15, 0.2) is 35.5 Å². The Kier molecular flexibility index (Phi) is 4.76. The van der Waals surface area contributed by atoms with Gasteiger partial charge in [0.2, 0.25) is 0 Å². The molecular weight excluding hydrogens is 270 g/mol. The molecule has 0 radical (unpaired) electrons. The van der Waals surface area contributed by atoms with Crippen molar-refractivity contribution in [3.05, 3.63) is 51.2 Å². The number of nitrogen functional groups attached to an aromatic ring is 1. The number of thiazole rings is 1. The average Bonchev–Trinajstić information content (AvgIpc) is 2.78. The maximum absolute atomic E-state index is 8.17. The summed E-state index contributed by atoms with van der Waals surface area (Å²) in [5, 5.41) is 4.08. The second-order valence-electron chi connectivity index (χ2n) is 4.22. The standard InChI is InChI=1S/C14H15N5S/c1-10-13(18-14(15)20-10)12-7-5-11(6-8-12)4-2-3-9-17-19-16/h2,4-8H,3,9H2,1H3,(H2,15,18). The van der Waals surface area contributed by atoms with Crippen LogP contribution >= 0.6 is 11.3 Å². The van der Waals surface area contributed by atoms with Gasteiger partial charge < -0.3 is 5.73 Å². The molecule has 0 spiro atoms. The zero-order chi connectivity index (χ0) is 14.4. The summed E-state index contributed by atoms with van der Waals surface area (Å²) in [4.78, 5) is 8.17. The molecule has 1 heterocycles. The summed E-state index contributed by atoms with van der Waals surface area (Å²) in [6.45, 7) is 2.51. The van der Waals surface area contributed by atoms with E-state index in [0.29, 0.717) is 11.7 Å². The summed E-state index contributed by atoms with van der Waals surface area (Å²) in [7, 11) is 0. The van der Waals surface area contributed by atoms with Crippen LogP contribution in [0.25, 0.3) is 27.8 Å². The number of hydrogen-bond donors (Lipinski definition) is 1. The smallest absolute Gasteiger partial charge is 0.180 e. The van der Waals surface area contributed by atoms with Gasteiger partial charge in [-0.15, -0.1) is 11.3 Å². The maximum atomic E-state index is 8.17. The van der Waals surface area contributed by atoms with Crippen LogP contribution < -0.4 is 5.73 Å². The van der Waals surface area contributed by atoms with Gasteiger partial charge in [0.15, 0.2) is 5.13 Å². The molecule has 0 fully saturated rings. The van der Waals surface area contributed by atoms with Crippen LogP contribution in [0.5, 0.6) is 0 Å². The van der Waals surface area contributed by atoms with Crippen molar-refractivity contribution >= 4 is 22.5 Å². The van der Waals surface area contributed by atoms with Gasteiger partial charge in [-0.1, -0.05) is 41.5 Å². The highest BCUT2D eigenvalue weighted by Gasteiger charge is 2.07. The van der Waals surface area contributed by atoms with E-state index in [2.05, 4.69) is 15.0 Å². The molecule has 102 valence electrons. The van der Waals surface area contributed by atoms with Crippen LogP contribution in [0.3, 0.4) is 0 Å². The van der Waals surface area contributed by atoms with E-state index in [1.165, 1.54) is 11.3 Å². The highest BCUT2D eigenvalue weighted by atomic mass is 32.1. The minimum atomic E-state index is 0.488. The van der Waals surface area contributed by atoms with Crippen LogP contribution in [-0.2, 0) is 0 Å². The van der Waals surface area contributed by atoms with E-state index in [-0.39, 0.29) is 0 Å². The van der Waals surface area contributed by atoms with Gasteiger partial charge in [-0.25, -0.2) is 4.98 Å². The number of aromatic nitrogens is 1. The number of nitrogens with two attached hydrogens (primary N) is 1. The van der Waals surface area contributed by atoms with Gasteiger partial charge in [-0.2, -0.15) is 0 Å². The highest BCUT2D eigenvalue weighted by Crippen LogP contribution is 2.28. The van der Waals surface area contributed by atoms with E-state index in [4.69, 9.17) is 11.3 Å². The first-order chi connectivity index (χ1) is 9.70. The van der Waals surface area contributed by atoms with Crippen molar-refractivity contribution in [2.75, 3.05) is 12.3 Å². The molecule has 0 bridgehead atoms. The van der Waals surface area contributed by atoms with Crippen molar-refractivity contribution < 1.29 is 0 Å². The minimum absolute atomic E-state index is 0.488. The van der Waals surface area contributed by atoms with E-state index >= 15 is 0 Å². The molecule has 0 saturated carbocycles. The summed E-state index contributed by atoms with van der Waals surface area (Å²) in [6.07, 6.45) is 4.75. The van der Waals surface area contributed by atoms with Gasteiger partial charge in [-0.05, 0) is 24.4 Å². The predicted octanol–water partition coefficient (Wildman–Crippen LogP) is 4.41. The first-order valence-electron chi connectivity index (χ1n) is 6.21. The van der Waals surface area contributed by atoms with E-state index in [1.54, 1.807) is 0 Å². The van der Waals surface area contributed by atoms with Crippen molar-refractivity contribution in [3.63, 3.8) is 0 Å². The first kappa shape index (κ1) is 14.1. The molecule has 2 N–H and O–H groups in total. The van der Waals surface area contributed by atoms with Gasteiger partial charge in [0.1, 0.15) is 0 Å². The molecule has 1 aromatic heterocycles. The molecule has 6 heteroatoms. The SMILES string of the molecule is Cc1sc(N)nc1-c1ccc(C=CCCN=[N+]=[N-])cc1. The van der Waals surface area contributed by atoms with Crippen molar-refractivity contribution in [2.24, 2.45) is 5.11 Å².